The van der Waals surface area contributed by atoms with Crippen molar-refractivity contribution in [3.05, 3.63) is 64.1 Å². The molecule has 0 saturated heterocycles. The number of benzene rings is 2. The van der Waals surface area contributed by atoms with Gasteiger partial charge in [0.15, 0.2) is 0 Å². The van der Waals surface area contributed by atoms with Crippen molar-refractivity contribution in [1.82, 2.24) is 0 Å². The predicted octanol–water partition coefficient (Wildman–Crippen LogP) is 3.89. The summed E-state index contributed by atoms with van der Waals surface area (Å²) in [5.41, 5.74) is 9.69. The standard InChI is InChI=1S/C16H19BrN2/c1-12-6-3-4-9-15(12)19(2)16(11-18)13-7-5-8-14(17)10-13/h3-10,16H,11,18H2,1-2H3. The number of nitrogens with zero attached hydrogens (tertiary/aromatic N) is 1. The smallest absolute Gasteiger partial charge is 0.0662 e. The van der Waals surface area contributed by atoms with Crippen LogP contribution in [0, 0.1) is 6.92 Å². The first-order chi connectivity index (χ1) is 9.13. The minimum Gasteiger partial charge on any atom is -0.366 e. The number of halogens is 1. The fraction of sp³-hybridized carbons (Fsp3) is 0.250. The van der Waals surface area contributed by atoms with E-state index < -0.39 is 0 Å². The van der Waals surface area contributed by atoms with Gasteiger partial charge in [-0.2, -0.15) is 0 Å². The summed E-state index contributed by atoms with van der Waals surface area (Å²) >= 11 is 3.52. The molecule has 0 aliphatic heterocycles. The van der Waals surface area contributed by atoms with E-state index in [1.54, 1.807) is 0 Å². The minimum absolute atomic E-state index is 0.179. The van der Waals surface area contributed by atoms with E-state index in [9.17, 15) is 0 Å². The van der Waals surface area contributed by atoms with Crippen LogP contribution in [0.4, 0.5) is 5.69 Å². The molecule has 0 saturated carbocycles. The number of anilines is 1. The largest absolute Gasteiger partial charge is 0.366 e. The highest BCUT2D eigenvalue weighted by Crippen LogP contribution is 2.28. The molecule has 1 atom stereocenters. The molecule has 0 spiro atoms. The van der Waals surface area contributed by atoms with E-state index in [4.69, 9.17) is 5.73 Å². The predicted molar refractivity (Wildman–Crippen MR) is 85.5 cm³/mol. The molecule has 0 bridgehead atoms. The molecular weight excluding hydrogens is 300 g/mol. The third kappa shape index (κ3) is 3.17. The highest BCUT2D eigenvalue weighted by Gasteiger charge is 2.17. The summed E-state index contributed by atoms with van der Waals surface area (Å²) in [4.78, 5) is 2.25. The Labute approximate surface area is 123 Å². The lowest BCUT2D eigenvalue weighted by atomic mass is 10.0. The molecule has 0 heterocycles. The molecule has 0 radical (unpaired) electrons. The van der Waals surface area contributed by atoms with Gasteiger partial charge in [-0.05, 0) is 36.2 Å². The molecule has 1 unspecified atom stereocenters. The summed E-state index contributed by atoms with van der Waals surface area (Å²) in [6, 6.07) is 16.9. The van der Waals surface area contributed by atoms with Crippen molar-refractivity contribution in [2.75, 3.05) is 18.5 Å². The molecule has 2 aromatic rings. The maximum atomic E-state index is 5.99. The maximum Gasteiger partial charge on any atom is 0.0662 e. The molecule has 0 amide bonds. The Morgan fingerprint density at radius 3 is 2.53 bits per heavy atom. The maximum absolute atomic E-state index is 5.99. The third-order valence-electron chi connectivity index (χ3n) is 3.42. The normalized spacial score (nSPS) is 12.2. The Morgan fingerprint density at radius 1 is 1.16 bits per heavy atom. The zero-order chi connectivity index (χ0) is 13.8. The minimum atomic E-state index is 0.179. The zero-order valence-electron chi connectivity index (χ0n) is 11.3. The molecule has 0 aromatic heterocycles. The molecule has 100 valence electrons. The van der Waals surface area contributed by atoms with E-state index in [1.165, 1.54) is 16.8 Å². The average molecular weight is 319 g/mol. The monoisotopic (exact) mass is 318 g/mol. The highest BCUT2D eigenvalue weighted by atomic mass is 79.9. The van der Waals surface area contributed by atoms with Gasteiger partial charge in [0.05, 0.1) is 6.04 Å². The van der Waals surface area contributed by atoms with Gasteiger partial charge in [0.1, 0.15) is 0 Å². The van der Waals surface area contributed by atoms with Crippen LogP contribution in [0.1, 0.15) is 17.2 Å². The van der Waals surface area contributed by atoms with Crippen molar-refractivity contribution in [3.63, 3.8) is 0 Å². The third-order valence-corrected chi connectivity index (χ3v) is 3.91. The Kier molecular flexibility index (Phi) is 4.61. The van der Waals surface area contributed by atoms with Crippen LogP contribution in [0.15, 0.2) is 53.0 Å². The summed E-state index contributed by atoms with van der Waals surface area (Å²) in [6.45, 7) is 2.71. The van der Waals surface area contributed by atoms with Gasteiger partial charge < -0.3 is 10.6 Å². The van der Waals surface area contributed by atoms with Gasteiger partial charge >= 0.3 is 0 Å². The highest BCUT2D eigenvalue weighted by molar-refractivity contribution is 9.10. The molecule has 0 aliphatic carbocycles. The molecule has 0 aliphatic rings. The second-order valence-electron chi connectivity index (χ2n) is 4.70. The van der Waals surface area contributed by atoms with E-state index in [0.717, 1.165) is 4.47 Å². The van der Waals surface area contributed by atoms with Crippen LogP contribution in [0.25, 0.3) is 0 Å². The van der Waals surface area contributed by atoms with E-state index in [2.05, 4.69) is 71.2 Å². The lowest BCUT2D eigenvalue weighted by molar-refractivity contribution is 0.679. The first kappa shape index (κ1) is 14.1. The van der Waals surface area contributed by atoms with Gasteiger partial charge in [0.25, 0.3) is 0 Å². The van der Waals surface area contributed by atoms with Crippen LogP contribution in [0.5, 0.6) is 0 Å². The van der Waals surface area contributed by atoms with Gasteiger partial charge in [-0.25, -0.2) is 0 Å². The van der Waals surface area contributed by atoms with Crippen molar-refractivity contribution in [2.24, 2.45) is 5.73 Å². The number of rotatable bonds is 4. The Hall–Kier alpha value is -1.32. The Morgan fingerprint density at radius 2 is 1.89 bits per heavy atom. The summed E-state index contributed by atoms with van der Waals surface area (Å²) in [7, 11) is 2.10. The van der Waals surface area contributed by atoms with Crippen LogP contribution in [-0.2, 0) is 0 Å². The summed E-state index contributed by atoms with van der Waals surface area (Å²) in [5, 5.41) is 0. The average Bonchev–Trinajstić information content (AvgIpc) is 2.40. The number of hydrogen-bond donors (Lipinski definition) is 1. The first-order valence-electron chi connectivity index (χ1n) is 6.37. The van der Waals surface area contributed by atoms with Gasteiger partial charge in [-0.3, -0.25) is 0 Å². The molecule has 0 fully saturated rings. The lowest BCUT2D eigenvalue weighted by Gasteiger charge is -2.30. The second-order valence-corrected chi connectivity index (χ2v) is 5.62. The van der Waals surface area contributed by atoms with Crippen molar-refractivity contribution >= 4 is 21.6 Å². The molecular formula is C16H19BrN2. The van der Waals surface area contributed by atoms with Crippen molar-refractivity contribution in [3.8, 4) is 0 Å². The Balaban J connectivity index is 2.35. The number of hydrogen-bond acceptors (Lipinski definition) is 2. The van der Waals surface area contributed by atoms with E-state index in [0.29, 0.717) is 6.54 Å². The van der Waals surface area contributed by atoms with Gasteiger partial charge in [-0.15, -0.1) is 0 Å². The second kappa shape index (κ2) is 6.22. The van der Waals surface area contributed by atoms with E-state index >= 15 is 0 Å². The molecule has 2 aromatic carbocycles. The van der Waals surface area contributed by atoms with E-state index in [-0.39, 0.29) is 6.04 Å². The summed E-state index contributed by atoms with van der Waals surface area (Å²) < 4.78 is 1.08. The molecule has 19 heavy (non-hydrogen) atoms. The Bertz CT molecular complexity index is 554. The topological polar surface area (TPSA) is 29.3 Å². The molecule has 2 N–H and O–H groups in total. The number of nitrogens with two attached hydrogens (primary N) is 1. The fourth-order valence-electron chi connectivity index (χ4n) is 2.36. The number of aryl methyl sites for hydroxylation is 1. The fourth-order valence-corrected chi connectivity index (χ4v) is 2.78. The van der Waals surface area contributed by atoms with Crippen molar-refractivity contribution in [2.45, 2.75) is 13.0 Å². The number of para-hydroxylation sites is 1. The first-order valence-corrected chi connectivity index (χ1v) is 7.16. The van der Waals surface area contributed by atoms with Gasteiger partial charge in [-0.1, -0.05) is 46.3 Å². The lowest BCUT2D eigenvalue weighted by Crippen LogP contribution is -2.30. The zero-order valence-corrected chi connectivity index (χ0v) is 12.9. The van der Waals surface area contributed by atoms with Crippen molar-refractivity contribution < 1.29 is 0 Å². The van der Waals surface area contributed by atoms with Crippen LogP contribution >= 0.6 is 15.9 Å². The SMILES string of the molecule is Cc1ccccc1N(C)C(CN)c1cccc(Br)c1. The van der Waals surface area contributed by atoms with Gasteiger partial charge in [0, 0.05) is 23.8 Å². The molecule has 2 rings (SSSR count). The van der Waals surface area contributed by atoms with Crippen LogP contribution in [-0.4, -0.2) is 13.6 Å². The van der Waals surface area contributed by atoms with Crippen molar-refractivity contribution in [1.29, 1.82) is 0 Å². The van der Waals surface area contributed by atoms with Crippen LogP contribution in [0.3, 0.4) is 0 Å². The van der Waals surface area contributed by atoms with Crippen LogP contribution < -0.4 is 10.6 Å². The quantitative estimate of drug-likeness (QED) is 0.926. The number of likely N-dealkylation sites (N-methyl/N-ethyl adjacent to an activating group) is 1. The molecule has 3 heteroatoms. The summed E-state index contributed by atoms with van der Waals surface area (Å²) in [6.07, 6.45) is 0. The van der Waals surface area contributed by atoms with Crippen LogP contribution in [0.2, 0.25) is 0 Å². The molecule has 2 nitrogen and oxygen atoms in total. The van der Waals surface area contributed by atoms with Gasteiger partial charge in [0.2, 0.25) is 0 Å². The van der Waals surface area contributed by atoms with E-state index in [1.807, 2.05) is 12.1 Å². The summed E-state index contributed by atoms with van der Waals surface area (Å²) in [5.74, 6) is 0.